The van der Waals surface area contributed by atoms with Crippen LogP contribution in [0.25, 0.3) is 0 Å². The van der Waals surface area contributed by atoms with Crippen molar-refractivity contribution >= 4 is 22.4 Å². The van der Waals surface area contributed by atoms with Crippen LogP contribution in [0.2, 0.25) is 0 Å². The molecule has 1 unspecified atom stereocenters. The first-order valence-corrected chi connectivity index (χ1v) is 9.62. The molecule has 0 bridgehead atoms. The van der Waals surface area contributed by atoms with E-state index in [9.17, 15) is 4.79 Å². The second kappa shape index (κ2) is 8.92. The summed E-state index contributed by atoms with van der Waals surface area (Å²) >= 11 is 1.45. The second-order valence-electron chi connectivity index (χ2n) is 6.19. The van der Waals surface area contributed by atoms with E-state index in [1.807, 2.05) is 18.2 Å². The number of aryl methyl sites for hydroxylation is 2. The highest BCUT2D eigenvalue weighted by molar-refractivity contribution is 7.15. The number of nitrogens with zero attached hydrogens (tertiary/aromatic N) is 2. The zero-order valence-corrected chi connectivity index (χ0v) is 15.3. The molecule has 134 valence electrons. The van der Waals surface area contributed by atoms with Crippen molar-refractivity contribution in [2.75, 3.05) is 18.5 Å². The summed E-state index contributed by atoms with van der Waals surface area (Å²) in [4.78, 5) is 12.1. The molecule has 0 fully saturated rings. The van der Waals surface area contributed by atoms with E-state index in [0.717, 1.165) is 42.9 Å². The van der Waals surface area contributed by atoms with Crippen LogP contribution < -0.4 is 15.4 Å². The van der Waals surface area contributed by atoms with Crippen LogP contribution in [0.15, 0.2) is 24.3 Å². The highest BCUT2D eigenvalue weighted by Gasteiger charge is 2.17. The molecule has 1 aromatic heterocycles. The molecular formula is C18H24N4O2S. The smallest absolute Gasteiger partial charge is 0.240 e. The number of carbonyl (C=O) groups excluding carboxylic acids is 1. The number of hydrogen-bond donors (Lipinski definition) is 2. The molecule has 2 aromatic rings. The molecule has 1 aliphatic rings. The van der Waals surface area contributed by atoms with Gasteiger partial charge in [0.25, 0.3) is 0 Å². The van der Waals surface area contributed by atoms with Crippen LogP contribution in [0.3, 0.4) is 0 Å². The average molecular weight is 360 g/mol. The summed E-state index contributed by atoms with van der Waals surface area (Å²) in [5.41, 5.74) is 1.23. The van der Waals surface area contributed by atoms with Gasteiger partial charge in [0.05, 0.1) is 6.54 Å². The van der Waals surface area contributed by atoms with Crippen molar-refractivity contribution in [1.29, 1.82) is 0 Å². The topological polar surface area (TPSA) is 76.1 Å². The van der Waals surface area contributed by atoms with Gasteiger partial charge in [0.15, 0.2) is 0 Å². The number of benzene rings is 1. The van der Waals surface area contributed by atoms with Gasteiger partial charge in [-0.05, 0) is 30.9 Å². The van der Waals surface area contributed by atoms with E-state index in [-0.39, 0.29) is 18.5 Å². The second-order valence-corrected chi connectivity index (χ2v) is 7.25. The van der Waals surface area contributed by atoms with Gasteiger partial charge in [-0.2, -0.15) is 0 Å². The van der Waals surface area contributed by atoms with Crippen molar-refractivity contribution in [2.45, 2.75) is 45.1 Å². The Labute approximate surface area is 152 Å². The van der Waals surface area contributed by atoms with Crippen molar-refractivity contribution in [3.8, 4) is 5.75 Å². The van der Waals surface area contributed by atoms with Crippen LogP contribution in [0, 0.1) is 0 Å². The Bertz CT molecular complexity index is 677. The predicted molar refractivity (Wildman–Crippen MR) is 99.2 cm³/mol. The molecular weight excluding hydrogens is 336 g/mol. The number of anilines is 1. The van der Waals surface area contributed by atoms with E-state index in [0.29, 0.717) is 11.7 Å². The number of amides is 1. The number of hydrogen-bond acceptors (Lipinski definition) is 6. The number of para-hydroxylation sites is 1. The minimum Gasteiger partial charge on any atom is -0.492 e. The first-order valence-electron chi connectivity index (χ1n) is 8.81. The summed E-state index contributed by atoms with van der Waals surface area (Å²) in [6, 6.07) is 8.26. The summed E-state index contributed by atoms with van der Waals surface area (Å²) in [5.74, 6) is 0.852. The molecule has 0 saturated heterocycles. The average Bonchev–Trinajstić information content (AvgIpc) is 2.96. The lowest BCUT2D eigenvalue weighted by Gasteiger charge is -2.15. The van der Waals surface area contributed by atoms with Crippen molar-refractivity contribution in [1.82, 2.24) is 15.5 Å². The molecule has 6 nitrogen and oxygen atoms in total. The third-order valence-corrected chi connectivity index (χ3v) is 5.08. The minimum atomic E-state index is -0.0973. The van der Waals surface area contributed by atoms with Gasteiger partial charge in [-0.15, -0.1) is 10.2 Å². The molecule has 0 spiro atoms. The monoisotopic (exact) mass is 360 g/mol. The molecule has 0 saturated carbocycles. The Morgan fingerprint density at radius 3 is 3.12 bits per heavy atom. The van der Waals surface area contributed by atoms with E-state index in [4.69, 9.17) is 4.74 Å². The normalized spacial score (nSPS) is 16.6. The van der Waals surface area contributed by atoms with Gasteiger partial charge in [0.2, 0.25) is 11.0 Å². The van der Waals surface area contributed by atoms with E-state index in [1.165, 1.54) is 16.9 Å². The van der Waals surface area contributed by atoms with Gasteiger partial charge in [0, 0.05) is 12.5 Å². The lowest BCUT2D eigenvalue weighted by atomic mass is 10.1. The molecule has 1 amide bonds. The van der Waals surface area contributed by atoms with Crippen LogP contribution in [0.4, 0.5) is 5.13 Å². The van der Waals surface area contributed by atoms with E-state index in [1.54, 1.807) is 0 Å². The zero-order chi connectivity index (χ0) is 17.5. The number of fused-ring (bicyclic) bond motifs is 1. The fraction of sp³-hybridized carbons (Fsp3) is 0.500. The maximum atomic E-state index is 12.1. The van der Waals surface area contributed by atoms with Crippen molar-refractivity contribution in [3.05, 3.63) is 34.8 Å². The van der Waals surface area contributed by atoms with Gasteiger partial charge in [-0.25, -0.2) is 0 Å². The Hall–Kier alpha value is -1.99. The number of unbranched alkanes of at least 4 members (excludes halogenated alkanes) is 1. The third-order valence-electron chi connectivity index (χ3n) is 4.18. The van der Waals surface area contributed by atoms with E-state index < -0.39 is 0 Å². The van der Waals surface area contributed by atoms with Crippen molar-refractivity contribution in [3.63, 3.8) is 0 Å². The largest absolute Gasteiger partial charge is 0.492 e. The SMILES string of the molecule is CCCCc1nnc(NC(=O)CNC2CCc3ccccc3OC2)s1. The van der Waals surface area contributed by atoms with E-state index >= 15 is 0 Å². The number of rotatable bonds is 7. The molecule has 1 aromatic carbocycles. The number of nitrogens with one attached hydrogen (secondary N) is 2. The fourth-order valence-corrected chi connectivity index (χ4v) is 3.55. The van der Waals surface area contributed by atoms with Crippen LogP contribution in [-0.4, -0.2) is 35.3 Å². The van der Waals surface area contributed by atoms with Gasteiger partial charge in [-0.3, -0.25) is 10.1 Å². The Morgan fingerprint density at radius 2 is 2.24 bits per heavy atom. The Morgan fingerprint density at radius 1 is 1.36 bits per heavy atom. The van der Waals surface area contributed by atoms with Crippen LogP contribution >= 0.6 is 11.3 Å². The molecule has 25 heavy (non-hydrogen) atoms. The maximum absolute atomic E-state index is 12.1. The quantitative estimate of drug-likeness (QED) is 0.794. The summed E-state index contributed by atoms with van der Waals surface area (Å²) in [6.07, 6.45) is 5.03. The molecule has 1 atom stereocenters. The number of ether oxygens (including phenoxy) is 1. The number of carbonyl (C=O) groups is 1. The summed E-state index contributed by atoms with van der Waals surface area (Å²) < 4.78 is 5.84. The highest BCUT2D eigenvalue weighted by atomic mass is 32.1. The zero-order valence-electron chi connectivity index (χ0n) is 14.5. The molecule has 7 heteroatoms. The lowest BCUT2D eigenvalue weighted by Crippen LogP contribution is -2.39. The molecule has 0 aliphatic carbocycles. The molecule has 0 radical (unpaired) electrons. The Balaban J connectivity index is 1.43. The van der Waals surface area contributed by atoms with Crippen LogP contribution in [0.5, 0.6) is 5.75 Å². The first-order chi connectivity index (χ1) is 12.2. The third kappa shape index (κ3) is 5.24. The summed E-state index contributed by atoms with van der Waals surface area (Å²) in [6.45, 7) is 2.96. The molecule has 3 rings (SSSR count). The van der Waals surface area contributed by atoms with Crippen LogP contribution in [0.1, 0.15) is 36.8 Å². The molecule has 2 heterocycles. The van der Waals surface area contributed by atoms with E-state index in [2.05, 4.69) is 33.8 Å². The highest BCUT2D eigenvalue weighted by Crippen LogP contribution is 2.23. The van der Waals surface area contributed by atoms with Crippen molar-refractivity contribution < 1.29 is 9.53 Å². The van der Waals surface area contributed by atoms with Crippen LogP contribution in [-0.2, 0) is 17.6 Å². The standard InChI is InChI=1S/C18H24N4O2S/c1-2-3-8-17-21-22-18(25-17)20-16(23)11-19-14-10-9-13-6-4-5-7-15(13)24-12-14/h4-7,14,19H,2-3,8-12H2,1H3,(H,20,22,23). The lowest BCUT2D eigenvalue weighted by molar-refractivity contribution is -0.115. The Kier molecular flexibility index (Phi) is 6.36. The minimum absolute atomic E-state index is 0.0973. The summed E-state index contributed by atoms with van der Waals surface area (Å²) in [7, 11) is 0. The first kappa shape index (κ1) is 17.8. The number of aromatic nitrogens is 2. The maximum Gasteiger partial charge on any atom is 0.240 e. The van der Waals surface area contributed by atoms with Gasteiger partial charge in [-0.1, -0.05) is 42.9 Å². The predicted octanol–water partition coefficient (Wildman–Crippen LogP) is 2.80. The van der Waals surface area contributed by atoms with Gasteiger partial charge < -0.3 is 10.1 Å². The van der Waals surface area contributed by atoms with Gasteiger partial charge in [0.1, 0.15) is 17.4 Å². The molecule has 1 aliphatic heterocycles. The summed E-state index contributed by atoms with van der Waals surface area (Å²) in [5, 5.41) is 15.8. The van der Waals surface area contributed by atoms with Crippen molar-refractivity contribution in [2.24, 2.45) is 0 Å². The fourth-order valence-electron chi connectivity index (χ4n) is 2.75. The molecule has 2 N–H and O–H groups in total. The van der Waals surface area contributed by atoms with Gasteiger partial charge >= 0.3 is 0 Å².